The van der Waals surface area contributed by atoms with Gasteiger partial charge in [0.1, 0.15) is 6.54 Å². The van der Waals surface area contributed by atoms with Crippen LogP contribution in [0.5, 0.6) is 0 Å². The van der Waals surface area contributed by atoms with Crippen LogP contribution in [0.4, 0.5) is 0 Å². The molecule has 3 aliphatic heterocycles. The molecule has 3 saturated heterocycles. The van der Waals surface area contributed by atoms with E-state index in [2.05, 4.69) is 6.92 Å². The Morgan fingerprint density at radius 2 is 1.56 bits per heavy atom. The fourth-order valence-corrected chi connectivity index (χ4v) is 6.37. The lowest BCUT2D eigenvalue weighted by molar-refractivity contribution is -0.946. The fraction of sp³-hybridized carbons (Fsp3) is 0.536. The van der Waals surface area contributed by atoms with Gasteiger partial charge in [-0.3, -0.25) is 0 Å². The molecule has 4 heteroatoms. The van der Waals surface area contributed by atoms with Crippen molar-refractivity contribution < 1.29 is 19.1 Å². The number of carbonyl (C=O) groups excluding carboxylic acids is 1. The topological polar surface area (TPSA) is 46.5 Å². The minimum absolute atomic E-state index is 0.0930. The monoisotopic (exact) mass is 434 g/mol. The Balaban J connectivity index is 1.33. The number of ether oxygens (including phenoxy) is 1. The Kier molecular flexibility index (Phi) is 5.85. The van der Waals surface area contributed by atoms with E-state index in [1.54, 1.807) is 0 Å². The van der Waals surface area contributed by atoms with Gasteiger partial charge < -0.3 is 14.3 Å². The predicted molar refractivity (Wildman–Crippen MR) is 126 cm³/mol. The molecule has 2 aromatic rings. The number of fused-ring (bicyclic) bond motifs is 6. The van der Waals surface area contributed by atoms with Crippen LogP contribution in [0.2, 0.25) is 0 Å². The summed E-state index contributed by atoms with van der Waals surface area (Å²) in [6, 6.07) is 15.3. The lowest BCUT2D eigenvalue weighted by Gasteiger charge is -2.52. The Morgan fingerprint density at radius 3 is 2.19 bits per heavy atom. The summed E-state index contributed by atoms with van der Waals surface area (Å²) in [6.45, 7) is 6.78. The van der Waals surface area contributed by atoms with E-state index in [0.29, 0.717) is 17.0 Å². The van der Waals surface area contributed by atoms with Gasteiger partial charge in [-0.15, -0.1) is 0 Å². The van der Waals surface area contributed by atoms with E-state index in [4.69, 9.17) is 4.74 Å². The van der Waals surface area contributed by atoms with Gasteiger partial charge in [0, 0.05) is 29.9 Å². The summed E-state index contributed by atoms with van der Waals surface area (Å²) in [4.78, 5) is 13.6. The molecule has 4 nitrogen and oxygen atoms in total. The Labute approximate surface area is 191 Å². The number of hydrogen-bond acceptors (Lipinski definition) is 3. The maximum atomic E-state index is 13.6. The standard InChI is InChI=1S/C28H36NO3/c1-2-3-4-5-10-17-29-18-15-21(16-19-29)26(20-29)32-27(30)28(31)24-13-8-6-11-22(24)23-12-7-9-14-25(23)28/h6-9,11-14,21,26,31H,2-5,10,15-20H2,1H3/q+1/t21?,26-,29?/m0/s1. The van der Waals surface area contributed by atoms with Crippen molar-refractivity contribution in [1.82, 2.24) is 0 Å². The van der Waals surface area contributed by atoms with Gasteiger partial charge in [-0.1, -0.05) is 74.7 Å². The van der Waals surface area contributed by atoms with Crippen molar-refractivity contribution in [3.05, 3.63) is 59.7 Å². The number of hydrogen-bond donors (Lipinski definition) is 1. The van der Waals surface area contributed by atoms with Gasteiger partial charge in [0.2, 0.25) is 5.60 Å². The molecule has 3 heterocycles. The molecule has 1 aliphatic carbocycles. The van der Waals surface area contributed by atoms with Crippen LogP contribution in [0.15, 0.2) is 48.5 Å². The van der Waals surface area contributed by atoms with Crippen molar-refractivity contribution in [3.8, 4) is 11.1 Å². The summed E-state index contributed by atoms with van der Waals surface area (Å²) >= 11 is 0. The zero-order valence-corrected chi connectivity index (χ0v) is 19.3. The highest BCUT2D eigenvalue weighted by atomic mass is 16.6. The second-order valence-electron chi connectivity index (χ2n) is 10.2. The summed E-state index contributed by atoms with van der Waals surface area (Å²) < 4.78 is 7.28. The summed E-state index contributed by atoms with van der Waals surface area (Å²) in [6.07, 6.45) is 8.63. The predicted octanol–water partition coefficient (Wildman–Crippen LogP) is 5.03. The van der Waals surface area contributed by atoms with Crippen molar-refractivity contribution in [2.24, 2.45) is 5.92 Å². The number of piperidine rings is 3. The summed E-state index contributed by atoms with van der Waals surface area (Å²) in [5.74, 6) is -0.0794. The van der Waals surface area contributed by atoms with Crippen LogP contribution in [-0.4, -0.2) is 47.8 Å². The van der Waals surface area contributed by atoms with Gasteiger partial charge in [-0.25, -0.2) is 4.79 Å². The molecule has 0 amide bonds. The maximum absolute atomic E-state index is 13.6. The summed E-state index contributed by atoms with van der Waals surface area (Å²) in [5, 5.41) is 11.8. The van der Waals surface area contributed by atoms with Crippen molar-refractivity contribution in [3.63, 3.8) is 0 Å². The van der Waals surface area contributed by atoms with E-state index in [0.717, 1.165) is 35.0 Å². The van der Waals surface area contributed by atoms with E-state index >= 15 is 0 Å². The number of rotatable bonds is 8. The Hall–Kier alpha value is -2.17. The zero-order chi connectivity index (χ0) is 22.2. The first-order chi connectivity index (χ1) is 15.6. The van der Waals surface area contributed by atoms with Gasteiger partial charge in [0.25, 0.3) is 0 Å². The second-order valence-corrected chi connectivity index (χ2v) is 10.2. The summed E-state index contributed by atoms with van der Waals surface area (Å²) in [7, 11) is 0. The van der Waals surface area contributed by atoms with Crippen LogP contribution >= 0.6 is 0 Å². The molecule has 1 atom stereocenters. The molecule has 0 saturated carbocycles. The molecule has 2 aromatic carbocycles. The van der Waals surface area contributed by atoms with Gasteiger partial charge >= 0.3 is 5.97 Å². The lowest BCUT2D eigenvalue weighted by Crippen LogP contribution is -2.65. The highest BCUT2D eigenvalue weighted by Crippen LogP contribution is 2.48. The highest BCUT2D eigenvalue weighted by molar-refractivity contribution is 5.96. The van der Waals surface area contributed by atoms with Crippen LogP contribution < -0.4 is 0 Å². The van der Waals surface area contributed by atoms with Gasteiger partial charge in [-0.05, 0) is 24.0 Å². The SMILES string of the molecule is CCCCCCC[N+]12CCC(CC1)[C@@H](OC(=O)C1(O)c3ccccc3-c3ccccc31)C2. The average molecular weight is 435 g/mol. The average Bonchev–Trinajstić information content (AvgIpc) is 3.10. The number of benzene rings is 2. The van der Waals surface area contributed by atoms with Crippen LogP contribution in [-0.2, 0) is 15.1 Å². The smallest absolute Gasteiger partial charge is 0.348 e. The number of nitrogens with zero attached hydrogens (tertiary/aromatic N) is 1. The van der Waals surface area contributed by atoms with Gasteiger partial charge in [0.15, 0.2) is 6.10 Å². The van der Waals surface area contributed by atoms with Crippen molar-refractivity contribution >= 4 is 5.97 Å². The minimum atomic E-state index is -1.72. The van der Waals surface area contributed by atoms with Crippen molar-refractivity contribution in [2.75, 3.05) is 26.2 Å². The molecule has 3 fully saturated rings. The molecular formula is C28H36NO3+. The third kappa shape index (κ3) is 3.58. The molecule has 0 unspecified atom stereocenters. The molecular weight excluding hydrogens is 398 g/mol. The fourth-order valence-electron chi connectivity index (χ4n) is 6.37. The van der Waals surface area contributed by atoms with Crippen LogP contribution in [0.3, 0.4) is 0 Å². The van der Waals surface area contributed by atoms with Crippen molar-refractivity contribution in [2.45, 2.75) is 63.6 Å². The third-order valence-corrected chi connectivity index (χ3v) is 8.26. The largest absolute Gasteiger partial charge is 0.453 e. The molecule has 4 aliphatic rings. The molecule has 0 spiro atoms. The number of carbonyl (C=O) groups is 1. The Morgan fingerprint density at radius 1 is 0.969 bits per heavy atom. The van der Waals surface area contributed by atoms with Crippen molar-refractivity contribution in [1.29, 1.82) is 0 Å². The van der Waals surface area contributed by atoms with Crippen LogP contribution in [0, 0.1) is 5.92 Å². The normalized spacial score (nSPS) is 27.1. The molecule has 6 rings (SSSR count). The first-order valence-corrected chi connectivity index (χ1v) is 12.6. The molecule has 170 valence electrons. The molecule has 0 radical (unpaired) electrons. The molecule has 32 heavy (non-hydrogen) atoms. The minimum Gasteiger partial charge on any atom is -0.453 e. The zero-order valence-electron chi connectivity index (χ0n) is 19.3. The van der Waals surface area contributed by atoms with Gasteiger partial charge in [-0.2, -0.15) is 0 Å². The second kappa shape index (κ2) is 8.64. The number of unbranched alkanes of at least 4 members (excludes halogenated alkanes) is 4. The third-order valence-electron chi connectivity index (χ3n) is 8.26. The van der Waals surface area contributed by atoms with Gasteiger partial charge in [0.05, 0.1) is 19.6 Å². The lowest BCUT2D eigenvalue weighted by atomic mass is 9.82. The Bertz CT molecular complexity index is 931. The molecule has 2 bridgehead atoms. The first kappa shape index (κ1) is 21.7. The van der Waals surface area contributed by atoms with E-state index in [-0.39, 0.29) is 6.10 Å². The molecule has 1 N–H and O–H groups in total. The van der Waals surface area contributed by atoms with E-state index in [1.165, 1.54) is 51.7 Å². The number of aliphatic hydroxyl groups is 1. The highest BCUT2D eigenvalue weighted by Gasteiger charge is 2.53. The molecule has 0 aromatic heterocycles. The van der Waals surface area contributed by atoms with E-state index < -0.39 is 11.6 Å². The number of quaternary nitrogens is 1. The number of esters is 1. The summed E-state index contributed by atoms with van der Waals surface area (Å²) in [5.41, 5.74) is 1.42. The maximum Gasteiger partial charge on any atom is 0.348 e. The van der Waals surface area contributed by atoms with E-state index in [1.807, 2.05) is 48.5 Å². The van der Waals surface area contributed by atoms with Crippen LogP contribution in [0.25, 0.3) is 11.1 Å². The van der Waals surface area contributed by atoms with Crippen LogP contribution in [0.1, 0.15) is 63.0 Å². The first-order valence-electron chi connectivity index (χ1n) is 12.6. The van der Waals surface area contributed by atoms with E-state index in [9.17, 15) is 9.90 Å². The quantitative estimate of drug-likeness (QED) is 0.360.